The van der Waals surface area contributed by atoms with Crippen LogP contribution in [0.2, 0.25) is 0 Å². The number of aliphatic hydroxyl groups is 1. The van der Waals surface area contributed by atoms with Crippen molar-refractivity contribution >= 4 is 10.8 Å². The maximum atomic E-state index is 11.0. The summed E-state index contributed by atoms with van der Waals surface area (Å²) in [6.45, 7) is 6.29. The van der Waals surface area contributed by atoms with Gasteiger partial charge in [0, 0.05) is 34.9 Å². The van der Waals surface area contributed by atoms with Gasteiger partial charge in [0.2, 0.25) is 0 Å². The molecule has 0 saturated heterocycles. The molecule has 3 nitrogen and oxygen atoms in total. The van der Waals surface area contributed by atoms with E-state index in [1.165, 1.54) is 0 Å². The smallest absolute Gasteiger partial charge is 0.0662 e. The molecular weight excluding hydrogens is 174 g/mol. The summed E-state index contributed by atoms with van der Waals surface area (Å²) in [5.41, 5.74) is 0. The average Bonchev–Trinajstić information content (AvgIpc) is 2.03. The molecule has 0 rings (SSSR count). The molecule has 2 N–H and O–H groups in total. The van der Waals surface area contributed by atoms with Crippen molar-refractivity contribution in [1.29, 1.82) is 0 Å². The van der Waals surface area contributed by atoms with Crippen molar-refractivity contribution in [3.8, 4) is 0 Å². The molecule has 0 radical (unpaired) electrons. The second-order valence-corrected chi connectivity index (χ2v) is 4.78. The Hall–Kier alpha value is 0.0700. The Kier molecular flexibility index (Phi) is 6.61. The first-order valence-corrected chi connectivity index (χ1v) is 5.83. The van der Waals surface area contributed by atoms with E-state index in [-0.39, 0.29) is 12.1 Å². The van der Waals surface area contributed by atoms with Gasteiger partial charge < -0.3 is 10.4 Å². The van der Waals surface area contributed by atoms with Crippen LogP contribution in [0.3, 0.4) is 0 Å². The first kappa shape index (κ1) is 12.1. The third kappa shape index (κ3) is 5.69. The zero-order chi connectivity index (χ0) is 9.56. The Morgan fingerprint density at radius 2 is 2.08 bits per heavy atom. The molecule has 0 heterocycles. The van der Waals surface area contributed by atoms with Crippen molar-refractivity contribution in [3.05, 3.63) is 0 Å². The molecule has 3 atom stereocenters. The van der Waals surface area contributed by atoms with Crippen LogP contribution in [0.5, 0.6) is 0 Å². The van der Waals surface area contributed by atoms with E-state index in [9.17, 15) is 4.21 Å². The SMILES string of the molecule is CCS(=O)CCNC(C)C(C)O. The van der Waals surface area contributed by atoms with Crippen molar-refractivity contribution in [1.82, 2.24) is 5.32 Å². The van der Waals surface area contributed by atoms with E-state index >= 15 is 0 Å². The average molecular weight is 193 g/mol. The van der Waals surface area contributed by atoms with Crippen molar-refractivity contribution in [2.45, 2.75) is 32.9 Å². The quantitative estimate of drug-likeness (QED) is 0.629. The van der Waals surface area contributed by atoms with E-state index in [2.05, 4.69) is 5.32 Å². The third-order valence-corrected chi connectivity index (χ3v) is 3.15. The second kappa shape index (κ2) is 6.57. The highest BCUT2D eigenvalue weighted by Crippen LogP contribution is 1.89. The van der Waals surface area contributed by atoms with E-state index in [1.54, 1.807) is 6.92 Å². The molecule has 0 aliphatic heterocycles. The highest BCUT2D eigenvalue weighted by Gasteiger charge is 2.06. The lowest BCUT2D eigenvalue weighted by atomic mass is 10.2. The topological polar surface area (TPSA) is 49.3 Å². The summed E-state index contributed by atoms with van der Waals surface area (Å²) in [5, 5.41) is 12.2. The summed E-state index contributed by atoms with van der Waals surface area (Å²) in [7, 11) is -0.701. The monoisotopic (exact) mass is 193 g/mol. The van der Waals surface area contributed by atoms with Gasteiger partial charge in [-0.15, -0.1) is 0 Å². The lowest BCUT2D eigenvalue weighted by Gasteiger charge is -2.15. The van der Waals surface area contributed by atoms with Gasteiger partial charge in [0.15, 0.2) is 0 Å². The Balaban J connectivity index is 3.37. The second-order valence-electron chi connectivity index (χ2n) is 2.92. The molecule has 0 aromatic rings. The van der Waals surface area contributed by atoms with Crippen molar-refractivity contribution in [2.75, 3.05) is 18.1 Å². The molecular formula is C8H19NO2S. The van der Waals surface area contributed by atoms with Crippen LogP contribution in [-0.2, 0) is 10.8 Å². The summed E-state index contributed by atoms with van der Waals surface area (Å²) in [6.07, 6.45) is -0.347. The number of hydrogen-bond acceptors (Lipinski definition) is 3. The molecule has 12 heavy (non-hydrogen) atoms. The molecule has 0 bridgehead atoms. The van der Waals surface area contributed by atoms with Crippen LogP contribution in [0.1, 0.15) is 20.8 Å². The molecule has 0 amide bonds. The van der Waals surface area contributed by atoms with Gasteiger partial charge in [-0.1, -0.05) is 6.92 Å². The molecule has 3 unspecified atom stereocenters. The Morgan fingerprint density at radius 3 is 2.50 bits per heavy atom. The Labute approximate surface area is 77.0 Å². The summed E-state index contributed by atoms with van der Waals surface area (Å²) >= 11 is 0. The van der Waals surface area contributed by atoms with Crippen LogP contribution < -0.4 is 5.32 Å². The maximum Gasteiger partial charge on any atom is 0.0662 e. The number of nitrogens with one attached hydrogen (secondary N) is 1. The summed E-state index contributed by atoms with van der Waals surface area (Å²) < 4.78 is 11.0. The van der Waals surface area contributed by atoms with Crippen molar-refractivity contribution in [2.24, 2.45) is 0 Å². The zero-order valence-electron chi connectivity index (χ0n) is 8.04. The molecule has 4 heteroatoms. The fourth-order valence-electron chi connectivity index (χ4n) is 0.715. The largest absolute Gasteiger partial charge is 0.392 e. The number of hydrogen-bond donors (Lipinski definition) is 2. The van der Waals surface area contributed by atoms with Gasteiger partial charge >= 0.3 is 0 Å². The zero-order valence-corrected chi connectivity index (χ0v) is 8.86. The minimum atomic E-state index is -0.701. The van der Waals surface area contributed by atoms with Crippen molar-refractivity contribution < 1.29 is 9.32 Å². The van der Waals surface area contributed by atoms with Crippen LogP contribution in [0.25, 0.3) is 0 Å². The molecule has 0 aromatic carbocycles. The van der Waals surface area contributed by atoms with Crippen LogP contribution in [-0.4, -0.2) is 39.5 Å². The van der Waals surface area contributed by atoms with Gasteiger partial charge in [-0.25, -0.2) is 0 Å². The van der Waals surface area contributed by atoms with Gasteiger partial charge in [-0.2, -0.15) is 0 Å². The minimum absolute atomic E-state index is 0.0823. The lowest BCUT2D eigenvalue weighted by Crippen LogP contribution is -2.37. The lowest BCUT2D eigenvalue weighted by molar-refractivity contribution is 0.154. The van der Waals surface area contributed by atoms with E-state index in [0.29, 0.717) is 18.1 Å². The van der Waals surface area contributed by atoms with Crippen LogP contribution in [0.4, 0.5) is 0 Å². The molecule has 0 spiro atoms. The number of aliphatic hydroxyl groups excluding tert-OH is 1. The van der Waals surface area contributed by atoms with Gasteiger partial charge in [0.05, 0.1) is 6.10 Å². The predicted molar refractivity (Wildman–Crippen MR) is 52.7 cm³/mol. The standard InChI is InChI=1S/C8H19NO2S/c1-4-12(11)6-5-9-7(2)8(3)10/h7-10H,4-6H2,1-3H3. The van der Waals surface area contributed by atoms with Crippen LogP contribution >= 0.6 is 0 Å². The number of rotatable bonds is 6. The third-order valence-electron chi connectivity index (χ3n) is 1.84. The fourth-order valence-corrected chi connectivity index (χ4v) is 1.35. The molecule has 74 valence electrons. The van der Waals surface area contributed by atoms with Crippen LogP contribution in [0.15, 0.2) is 0 Å². The molecule has 0 aliphatic carbocycles. The van der Waals surface area contributed by atoms with Gasteiger partial charge in [-0.3, -0.25) is 4.21 Å². The Morgan fingerprint density at radius 1 is 1.50 bits per heavy atom. The molecule has 0 aliphatic rings. The van der Waals surface area contributed by atoms with E-state index in [0.717, 1.165) is 0 Å². The van der Waals surface area contributed by atoms with Gasteiger partial charge in [-0.05, 0) is 13.8 Å². The molecule has 0 saturated carbocycles. The van der Waals surface area contributed by atoms with Crippen molar-refractivity contribution in [3.63, 3.8) is 0 Å². The summed E-state index contributed by atoms with van der Waals surface area (Å²) in [5.74, 6) is 1.39. The first-order valence-electron chi connectivity index (χ1n) is 4.34. The fraction of sp³-hybridized carbons (Fsp3) is 1.00. The van der Waals surface area contributed by atoms with Gasteiger partial charge in [0.25, 0.3) is 0 Å². The van der Waals surface area contributed by atoms with E-state index in [4.69, 9.17) is 5.11 Å². The first-order chi connectivity index (χ1) is 5.57. The molecule has 0 fully saturated rings. The normalized spacial score (nSPS) is 18.7. The van der Waals surface area contributed by atoms with E-state index in [1.807, 2.05) is 13.8 Å². The Bertz CT molecular complexity index is 139. The minimum Gasteiger partial charge on any atom is -0.392 e. The van der Waals surface area contributed by atoms with E-state index < -0.39 is 10.8 Å². The highest BCUT2D eigenvalue weighted by atomic mass is 32.2. The molecule has 0 aromatic heterocycles. The highest BCUT2D eigenvalue weighted by molar-refractivity contribution is 7.84. The van der Waals surface area contributed by atoms with Gasteiger partial charge in [0.1, 0.15) is 0 Å². The summed E-state index contributed by atoms with van der Waals surface area (Å²) in [6, 6.07) is 0.0823. The summed E-state index contributed by atoms with van der Waals surface area (Å²) in [4.78, 5) is 0. The predicted octanol–water partition coefficient (Wildman–Crippen LogP) is 0.114. The maximum absolute atomic E-state index is 11.0. The van der Waals surface area contributed by atoms with Crippen LogP contribution in [0, 0.1) is 0 Å².